The highest BCUT2D eigenvalue weighted by molar-refractivity contribution is 7.16. The van der Waals surface area contributed by atoms with Crippen LogP contribution in [-0.4, -0.2) is 10.6 Å². The normalized spacial score (nSPS) is 12.7. The van der Waals surface area contributed by atoms with Crippen LogP contribution in [0.25, 0.3) is 0 Å². The van der Waals surface area contributed by atoms with Gasteiger partial charge in [0.15, 0.2) is 6.21 Å². The van der Waals surface area contributed by atoms with E-state index in [0.717, 1.165) is 11.3 Å². The predicted octanol–water partition coefficient (Wildman–Crippen LogP) is 4.95. The average Bonchev–Trinajstić information content (AvgIpc) is 2.45. The quantitative estimate of drug-likeness (QED) is 0.576. The van der Waals surface area contributed by atoms with Gasteiger partial charge in [0.05, 0.1) is 0 Å². The maximum atomic E-state index is 11.6. The zero-order valence-electron chi connectivity index (χ0n) is 12.1. The second kappa shape index (κ2) is 6.11. The van der Waals surface area contributed by atoms with Crippen molar-refractivity contribution >= 4 is 20.5 Å². The first-order valence-corrected chi connectivity index (χ1v) is 7.41. The third-order valence-corrected chi connectivity index (χ3v) is 3.62. The van der Waals surface area contributed by atoms with Crippen LogP contribution in [0.15, 0.2) is 54.6 Å². The maximum Gasteiger partial charge on any atom is 0.517 e. The molecule has 0 aliphatic rings. The summed E-state index contributed by atoms with van der Waals surface area (Å²) in [6.07, 6.45) is 1.90. The van der Waals surface area contributed by atoms with E-state index >= 15 is 0 Å². The highest BCUT2D eigenvalue weighted by Crippen LogP contribution is 2.33. The molecule has 0 atom stereocenters. The molecule has 0 aliphatic heterocycles. The topological polar surface area (TPSA) is 20.1 Å². The van der Waals surface area contributed by atoms with E-state index in [1.165, 1.54) is 5.56 Å². The van der Waals surface area contributed by atoms with Crippen molar-refractivity contribution in [2.45, 2.75) is 26.2 Å². The minimum absolute atomic E-state index is 0.00403. The van der Waals surface area contributed by atoms with Crippen LogP contribution in [0.5, 0.6) is 0 Å². The van der Waals surface area contributed by atoms with Crippen LogP contribution in [0.4, 0.5) is 5.69 Å². The Morgan fingerprint density at radius 2 is 1.55 bits per heavy atom. The lowest BCUT2D eigenvalue weighted by molar-refractivity contribution is -0.247. The van der Waals surface area contributed by atoms with Crippen molar-refractivity contribution in [3.05, 3.63) is 65.7 Å². The summed E-state index contributed by atoms with van der Waals surface area (Å²) in [6.45, 7) is 6.48. The van der Waals surface area contributed by atoms with Gasteiger partial charge in [0.25, 0.3) is 0 Å². The first kappa shape index (κ1) is 14.6. The molecule has 0 aliphatic carbocycles. The Hall–Kier alpha value is -1.79. The largest absolute Gasteiger partial charge is 0.517 e. The van der Waals surface area contributed by atoms with Gasteiger partial charge in [0, 0.05) is 17.2 Å². The molecule has 2 aromatic carbocycles. The van der Waals surface area contributed by atoms with Crippen LogP contribution >= 0.6 is 8.61 Å². The van der Waals surface area contributed by atoms with Crippen LogP contribution in [-0.2, 0) is 9.98 Å². The smallest absolute Gasteiger partial charge is 0.191 e. The highest BCUT2D eigenvalue weighted by atomic mass is 31.1. The standard InChI is InChI=1S/C17H19NOP/c1-17(2,3)15-11-7-8-12-16(15)18(20-19)13-14-9-5-4-6-10-14/h4-13H,1-3H3/q+1. The number of benzene rings is 2. The number of hydrogen-bond donors (Lipinski definition) is 0. The Labute approximate surface area is 122 Å². The molecule has 0 N–H and O–H groups in total. The molecule has 102 valence electrons. The molecule has 0 bridgehead atoms. The summed E-state index contributed by atoms with van der Waals surface area (Å²) in [5, 5.41) is 0. The van der Waals surface area contributed by atoms with Crippen molar-refractivity contribution in [3.8, 4) is 0 Å². The molecule has 0 amide bonds. The zero-order valence-corrected chi connectivity index (χ0v) is 13.0. The van der Waals surface area contributed by atoms with Crippen LogP contribution in [0.3, 0.4) is 0 Å². The van der Waals surface area contributed by atoms with E-state index < -0.39 is 0 Å². The van der Waals surface area contributed by atoms with E-state index in [4.69, 9.17) is 0 Å². The van der Waals surface area contributed by atoms with Gasteiger partial charge < -0.3 is 0 Å². The van der Waals surface area contributed by atoms with Gasteiger partial charge >= 0.3 is 8.61 Å². The number of nitrogens with zero attached hydrogens (tertiary/aromatic N) is 1. The molecule has 0 radical (unpaired) electrons. The minimum Gasteiger partial charge on any atom is -0.191 e. The molecule has 0 spiro atoms. The molecule has 0 aromatic heterocycles. The molecule has 3 heteroatoms. The number of rotatable bonds is 3. The first-order valence-electron chi connectivity index (χ1n) is 6.64. The van der Waals surface area contributed by atoms with Crippen molar-refractivity contribution in [2.75, 3.05) is 0 Å². The maximum absolute atomic E-state index is 11.6. The lowest BCUT2D eigenvalue weighted by Crippen LogP contribution is -2.13. The SMILES string of the molecule is CC(C)(C)c1ccccc1[N+](=Cc1ccccc1)P=O. The average molecular weight is 284 g/mol. The summed E-state index contributed by atoms with van der Waals surface area (Å²) in [5.41, 5.74) is 3.18. The molecular formula is C17H19NOP+. The Morgan fingerprint density at radius 1 is 0.950 bits per heavy atom. The molecule has 0 saturated carbocycles. The van der Waals surface area contributed by atoms with Crippen molar-refractivity contribution in [2.24, 2.45) is 0 Å². The summed E-state index contributed by atoms with van der Waals surface area (Å²) >= 11 is 0. The Kier molecular flexibility index (Phi) is 4.46. The molecule has 2 aromatic rings. The third-order valence-electron chi connectivity index (χ3n) is 3.12. The molecule has 2 rings (SSSR count). The van der Waals surface area contributed by atoms with Gasteiger partial charge in [0.2, 0.25) is 5.69 Å². The van der Waals surface area contributed by atoms with E-state index in [1.54, 1.807) is 4.35 Å². The van der Waals surface area contributed by atoms with Gasteiger partial charge in [-0.3, -0.25) is 0 Å². The van der Waals surface area contributed by atoms with E-state index in [2.05, 4.69) is 26.8 Å². The summed E-state index contributed by atoms with van der Waals surface area (Å²) in [7, 11) is -0.0345. The first-order chi connectivity index (χ1) is 9.52. The number of para-hydroxylation sites is 1. The van der Waals surface area contributed by atoms with Gasteiger partial charge in [-0.05, 0) is 17.5 Å². The molecule has 20 heavy (non-hydrogen) atoms. The van der Waals surface area contributed by atoms with Gasteiger partial charge in [-0.2, -0.15) is 4.57 Å². The molecule has 0 saturated heterocycles. The Bertz CT molecular complexity index is 627. The summed E-state index contributed by atoms with van der Waals surface area (Å²) in [6, 6.07) is 18.0. The third kappa shape index (κ3) is 3.40. The fourth-order valence-electron chi connectivity index (χ4n) is 2.13. The van der Waals surface area contributed by atoms with Crippen LogP contribution in [0, 0.1) is 0 Å². The van der Waals surface area contributed by atoms with E-state index in [0.29, 0.717) is 0 Å². The van der Waals surface area contributed by atoms with Crippen LogP contribution in [0.2, 0.25) is 0 Å². The zero-order chi connectivity index (χ0) is 14.6. The van der Waals surface area contributed by atoms with Crippen LogP contribution in [0.1, 0.15) is 31.9 Å². The van der Waals surface area contributed by atoms with E-state index in [1.807, 2.05) is 54.7 Å². The fraction of sp³-hybridized carbons (Fsp3) is 0.235. The second-order valence-electron chi connectivity index (χ2n) is 5.73. The van der Waals surface area contributed by atoms with Gasteiger partial charge in [-0.1, -0.05) is 57.2 Å². The fourth-order valence-corrected chi connectivity index (χ4v) is 2.57. The van der Waals surface area contributed by atoms with Crippen molar-refractivity contribution < 1.29 is 8.91 Å². The lowest BCUT2D eigenvalue weighted by Gasteiger charge is -2.19. The number of hydrogen-bond acceptors (Lipinski definition) is 1. The van der Waals surface area contributed by atoms with Crippen molar-refractivity contribution in [1.82, 2.24) is 0 Å². The van der Waals surface area contributed by atoms with Gasteiger partial charge in [-0.25, -0.2) is 0 Å². The van der Waals surface area contributed by atoms with Crippen molar-refractivity contribution in [1.29, 1.82) is 0 Å². The van der Waals surface area contributed by atoms with Crippen LogP contribution < -0.4 is 0 Å². The predicted molar refractivity (Wildman–Crippen MR) is 84.3 cm³/mol. The van der Waals surface area contributed by atoms with Gasteiger partial charge in [0.1, 0.15) is 0 Å². The summed E-state index contributed by atoms with van der Waals surface area (Å²) < 4.78 is 13.3. The van der Waals surface area contributed by atoms with Crippen molar-refractivity contribution in [3.63, 3.8) is 0 Å². The molecule has 2 nitrogen and oxygen atoms in total. The summed E-state index contributed by atoms with van der Waals surface area (Å²) in [5.74, 6) is 0. The lowest BCUT2D eigenvalue weighted by atomic mass is 9.86. The summed E-state index contributed by atoms with van der Waals surface area (Å²) in [4.78, 5) is 0. The molecular weight excluding hydrogens is 265 g/mol. The van der Waals surface area contributed by atoms with E-state index in [9.17, 15) is 4.57 Å². The monoisotopic (exact) mass is 284 g/mol. The molecule has 0 unspecified atom stereocenters. The minimum atomic E-state index is -0.0345. The highest BCUT2D eigenvalue weighted by Gasteiger charge is 2.24. The Balaban J connectivity index is 2.54. The second-order valence-corrected chi connectivity index (χ2v) is 6.33. The molecule has 0 heterocycles. The Morgan fingerprint density at radius 3 is 2.15 bits per heavy atom. The van der Waals surface area contributed by atoms with Gasteiger partial charge in [-0.15, -0.1) is 4.35 Å². The molecule has 0 fully saturated rings. The van der Waals surface area contributed by atoms with E-state index in [-0.39, 0.29) is 14.0 Å².